The Morgan fingerprint density at radius 3 is 1.59 bits per heavy atom. The molecule has 0 aromatic rings. The van der Waals surface area contributed by atoms with Gasteiger partial charge in [0.15, 0.2) is 10.2 Å². The minimum atomic E-state index is -1.10. The summed E-state index contributed by atoms with van der Waals surface area (Å²) in [6.45, 7) is 1.33. The molecule has 0 unspecified atom stereocenters. The molecule has 0 bridgehead atoms. The molecule has 1 amide bonds. The first-order valence-electron chi connectivity index (χ1n) is 6.27. The summed E-state index contributed by atoms with van der Waals surface area (Å²) in [6, 6.07) is 0. The lowest BCUT2D eigenvalue weighted by atomic mass is 10.3. The van der Waals surface area contributed by atoms with Gasteiger partial charge in [-0.25, -0.2) is 0 Å². The summed E-state index contributed by atoms with van der Waals surface area (Å²) < 4.78 is -0.619. The monoisotopic (exact) mass is 351 g/mol. The Morgan fingerprint density at radius 2 is 1.27 bits per heavy atom. The predicted octanol–water partition coefficient (Wildman–Crippen LogP) is 0.698. The molecular formula is C12H17NO7S2. The van der Waals surface area contributed by atoms with Crippen LogP contribution < -0.4 is 5.32 Å². The van der Waals surface area contributed by atoms with E-state index in [-0.39, 0.29) is 38.1 Å². The summed E-state index contributed by atoms with van der Waals surface area (Å²) in [7, 11) is 0. The van der Waals surface area contributed by atoms with Crippen LogP contribution in [0.15, 0.2) is 0 Å². The normalized spacial score (nSPS) is 10.3. The number of carboxylic acids is 2. The first-order chi connectivity index (χ1) is 10.2. The van der Waals surface area contributed by atoms with E-state index in [4.69, 9.17) is 10.2 Å². The molecule has 0 aliphatic carbocycles. The smallest absolute Gasteiger partial charge is 0.303 e. The van der Waals surface area contributed by atoms with Crippen molar-refractivity contribution in [3.05, 3.63) is 0 Å². The van der Waals surface area contributed by atoms with Crippen LogP contribution in [0.5, 0.6) is 0 Å². The highest BCUT2D eigenvalue weighted by atomic mass is 32.2. The Balaban J connectivity index is 4.44. The van der Waals surface area contributed by atoms with Crippen molar-refractivity contribution in [1.29, 1.82) is 0 Å². The first kappa shape index (κ1) is 20.5. The number of carboxylic acid groups (broad SMARTS) is 2. The number of rotatable bonds is 10. The molecule has 0 fully saturated rings. The molecule has 0 radical (unpaired) electrons. The fourth-order valence-electron chi connectivity index (χ4n) is 1.16. The van der Waals surface area contributed by atoms with Gasteiger partial charge in [-0.1, -0.05) is 23.5 Å². The van der Waals surface area contributed by atoms with Gasteiger partial charge in [-0.3, -0.25) is 24.0 Å². The van der Waals surface area contributed by atoms with Gasteiger partial charge in [0.25, 0.3) is 0 Å². The molecular weight excluding hydrogens is 334 g/mol. The van der Waals surface area contributed by atoms with Gasteiger partial charge in [-0.15, -0.1) is 0 Å². The molecule has 0 atom stereocenters. The van der Waals surface area contributed by atoms with Gasteiger partial charge in [0.2, 0.25) is 5.91 Å². The molecule has 0 saturated heterocycles. The van der Waals surface area contributed by atoms with Crippen molar-refractivity contribution in [2.75, 3.05) is 6.54 Å². The Morgan fingerprint density at radius 1 is 0.864 bits per heavy atom. The number of amides is 1. The second-order valence-electron chi connectivity index (χ2n) is 4.13. The number of hydrogen-bond acceptors (Lipinski definition) is 7. The van der Waals surface area contributed by atoms with E-state index >= 15 is 0 Å². The van der Waals surface area contributed by atoms with E-state index in [1.807, 2.05) is 0 Å². The van der Waals surface area contributed by atoms with Crippen LogP contribution in [-0.2, 0) is 24.0 Å². The molecule has 0 aliphatic rings. The molecule has 3 N–H and O–H groups in total. The van der Waals surface area contributed by atoms with Crippen molar-refractivity contribution in [1.82, 2.24) is 5.32 Å². The van der Waals surface area contributed by atoms with Gasteiger partial charge in [0.1, 0.15) is 0 Å². The van der Waals surface area contributed by atoms with E-state index in [1.165, 1.54) is 6.92 Å². The molecule has 124 valence electrons. The summed E-state index contributed by atoms with van der Waals surface area (Å²) in [6.07, 6.45) is -0.979. The average Bonchev–Trinajstić information content (AvgIpc) is 2.40. The van der Waals surface area contributed by atoms with Crippen molar-refractivity contribution in [3.8, 4) is 0 Å². The molecule has 0 spiro atoms. The van der Waals surface area contributed by atoms with Gasteiger partial charge in [0.05, 0.1) is 17.4 Å². The second kappa shape index (κ2) is 11.1. The van der Waals surface area contributed by atoms with Crippen molar-refractivity contribution >= 4 is 51.6 Å². The Hall–Kier alpha value is -1.55. The van der Waals surface area contributed by atoms with E-state index < -0.39 is 26.8 Å². The lowest BCUT2D eigenvalue weighted by molar-refractivity contribution is -0.138. The van der Waals surface area contributed by atoms with E-state index in [2.05, 4.69) is 5.32 Å². The van der Waals surface area contributed by atoms with Crippen LogP contribution in [0, 0.1) is 0 Å². The molecule has 0 rings (SSSR count). The third kappa shape index (κ3) is 12.2. The van der Waals surface area contributed by atoms with E-state index in [1.54, 1.807) is 0 Å². The summed E-state index contributed by atoms with van der Waals surface area (Å²) in [4.78, 5) is 54.9. The van der Waals surface area contributed by atoms with Crippen molar-refractivity contribution in [3.63, 3.8) is 0 Å². The largest absolute Gasteiger partial charge is 0.481 e. The zero-order valence-electron chi connectivity index (χ0n) is 11.9. The average molecular weight is 351 g/mol. The maximum atomic E-state index is 11.6. The van der Waals surface area contributed by atoms with Crippen LogP contribution in [0.4, 0.5) is 0 Å². The number of thioether (sulfide) groups is 2. The highest BCUT2D eigenvalue weighted by molar-refractivity contribution is 8.29. The van der Waals surface area contributed by atoms with Gasteiger partial charge in [-0.05, 0) is 0 Å². The minimum Gasteiger partial charge on any atom is -0.481 e. The molecule has 0 aromatic carbocycles. The Bertz CT molecular complexity index is 421. The number of hydrogen-bond donors (Lipinski definition) is 3. The van der Waals surface area contributed by atoms with Gasteiger partial charge >= 0.3 is 11.9 Å². The number of aliphatic carboxylic acids is 2. The number of carbonyl (C=O) groups excluding carboxylic acids is 3. The summed E-state index contributed by atoms with van der Waals surface area (Å²) in [5.74, 6) is -2.53. The van der Waals surface area contributed by atoms with Crippen LogP contribution in [0.2, 0.25) is 0 Å². The lowest BCUT2D eigenvalue weighted by Gasteiger charge is -2.14. The third-order valence-corrected chi connectivity index (χ3v) is 4.50. The number of nitrogens with one attached hydrogen (secondary N) is 1. The Labute approximate surface area is 135 Å². The molecule has 10 heteroatoms. The molecule has 0 aromatic heterocycles. The molecule has 0 aliphatic heterocycles. The second-order valence-corrected chi connectivity index (χ2v) is 6.95. The van der Waals surface area contributed by atoms with E-state index in [0.29, 0.717) is 0 Å². The van der Waals surface area contributed by atoms with Crippen LogP contribution in [0.1, 0.15) is 32.6 Å². The molecule has 0 heterocycles. The number of carbonyl (C=O) groups is 5. The molecule has 8 nitrogen and oxygen atoms in total. The van der Waals surface area contributed by atoms with Crippen LogP contribution in [0.3, 0.4) is 0 Å². The predicted molar refractivity (Wildman–Crippen MR) is 81.4 cm³/mol. The lowest BCUT2D eigenvalue weighted by Crippen LogP contribution is -2.28. The fraction of sp³-hybridized carbons (Fsp3) is 0.583. The van der Waals surface area contributed by atoms with Gasteiger partial charge < -0.3 is 15.5 Å². The maximum Gasteiger partial charge on any atom is 0.303 e. The van der Waals surface area contributed by atoms with Gasteiger partial charge in [0, 0.05) is 26.3 Å². The van der Waals surface area contributed by atoms with Crippen LogP contribution in [-0.4, -0.2) is 49.4 Å². The quantitative estimate of drug-likeness (QED) is 0.485. The topological polar surface area (TPSA) is 138 Å². The van der Waals surface area contributed by atoms with Crippen LogP contribution in [0.25, 0.3) is 0 Å². The SMILES string of the molecule is CC(=O)NCC(SC(=O)CCC(=O)O)SC(=O)CCC(=O)O. The highest BCUT2D eigenvalue weighted by Crippen LogP contribution is 2.27. The zero-order valence-corrected chi connectivity index (χ0v) is 13.5. The zero-order chi connectivity index (χ0) is 17.1. The highest BCUT2D eigenvalue weighted by Gasteiger charge is 2.20. The van der Waals surface area contributed by atoms with Crippen LogP contribution >= 0.6 is 23.5 Å². The standard InChI is InChI=1S/C12H17NO7S2/c1-7(14)13-6-12(21-10(19)4-2-8(15)16)22-11(20)5-3-9(17)18/h12H,2-6H2,1H3,(H,13,14)(H,15,16)(H,17,18). The summed E-state index contributed by atoms with van der Waals surface area (Å²) in [5.41, 5.74) is 0. The fourth-order valence-corrected chi connectivity index (χ4v) is 3.36. The Kier molecular flexibility index (Phi) is 10.3. The first-order valence-corrected chi connectivity index (χ1v) is 8.03. The molecule has 0 saturated carbocycles. The summed E-state index contributed by atoms with van der Waals surface area (Å²) in [5, 5.41) is 18.7. The minimum absolute atomic E-state index is 0.0439. The van der Waals surface area contributed by atoms with E-state index in [9.17, 15) is 24.0 Å². The van der Waals surface area contributed by atoms with Gasteiger partial charge in [-0.2, -0.15) is 0 Å². The third-order valence-electron chi connectivity index (χ3n) is 2.13. The van der Waals surface area contributed by atoms with Crippen molar-refractivity contribution in [2.24, 2.45) is 0 Å². The maximum absolute atomic E-state index is 11.6. The molecule has 22 heavy (non-hydrogen) atoms. The summed E-state index contributed by atoms with van der Waals surface area (Å²) >= 11 is 1.54. The van der Waals surface area contributed by atoms with E-state index in [0.717, 1.165) is 23.5 Å². The van der Waals surface area contributed by atoms with Crippen molar-refractivity contribution < 1.29 is 34.2 Å². The van der Waals surface area contributed by atoms with Crippen molar-refractivity contribution in [2.45, 2.75) is 37.2 Å².